The van der Waals surface area contributed by atoms with Crippen LogP contribution in [0.3, 0.4) is 0 Å². The van der Waals surface area contributed by atoms with Crippen LogP contribution in [0.5, 0.6) is 11.5 Å². The second-order valence-corrected chi connectivity index (χ2v) is 5.24. The lowest BCUT2D eigenvalue weighted by Gasteiger charge is -2.16. The Hall–Kier alpha value is -1.51. The van der Waals surface area contributed by atoms with Crippen LogP contribution >= 0.6 is 28.3 Å². The second kappa shape index (κ2) is 7.37. The Labute approximate surface area is 143 Å². The molecule has 0 aliphatic rings. The molecule has 0 fully saturated rings. The molecule has 3 nitrogen and oxygen atoms in total. The third-order valence-corrected chi connectivity index (χ3v) is 3.54. The Kier molecular flexibility index (Phi) is 6.26. The lowest BCUT2D eigenvalue weighted by atomic mass is 9.98. The molecule has 0 aliphatic heterocycles. The average Bonchev–Trinajstić information content (AvgIpc) is 2.42. The number of alkyl halides is 3. The van der Waals surface area contributed by atoms with E-state index in [0.717, 1.165) is 18.2 Å². The summed E-state index contributed by atoms with van der Waals surface area (Å²) in [4.78, 5) is 0. The van der Waals surface area contributed by atoms with Crippen LogP contribution in [-0.4, -0.2) is 11.5 Å². The van der Waals surface area contributed by atoms with Gasteiger partial charge in [0.1, 0.15) is 17.3 Å². The fraction of sp³-hybridized carbons (Fsp3) is 0.143. The van der Waals surface area contributed by atoms with Gasteiger partial charge in [-0.2, -0.15) is 0 Å². The van der Waals surface area contributed by atoms with Crippen LogP contribution in [-0.2, 0) is 0 Å². The van der Waals surface area contributed by atoms with Crippen LogP contribution in [0.1, 0.15) is 17.2 Å². The van der Waals surface area contributed by atoms with Crippen molar-refractivity contribution < 1.29 is 27.4 Å². The van der Waals surface area contributed by atoms with E-state index in [-0.39, 0.29) is 28.2 Å². The van der Waals surface area contributed by atoms with Crippen molar-refractivity contribution in [1.82, 2.24) is 0 Å². The third kappa shape index (κ3) is 4.73. The third-order valence-electron chi connectivity index (χ3n) is 2.90. The predicted octanol–water partition coefficient (Wildman–Crippen LogP) is 4.66. The number of rotatable bonds is 3. The fourth-order valence-electron chi connectivity index (χ4n) is 1.90. The zero-order valence-electron chi connectivity index (χ0n) is 11.3. The van der Waals surface area contributed by atoms with Gasteiger partial charge in [0, 0.05) is 0 Å². The maximum absolute atomic E-state index is 13.8. The first-order chi connectivity index (χ1) is 10.2. The molecule has 9 heteroatoms. The molecule has 0 saturated heterocycles. The summed E-state index contributed by atoms with van der Waals surface area (Å²) in [5, 5.41) is 9.88. The van der Waals surface area contributed by atoms with Crippen LogP contribution < -0.4 is 10.5 Å². The molecule has 1 atom stereocenters. The highest BCUT2D eigenvalue weighted by Crippen LogP contribution is 2.36. The van der Waals surface area contributed by atoms with E-state index in [4.69, 9.17) is 5.73 Å². The van der Waals surface area contributed by atoms with Crippen LogP contribution in [0.25, 0.3) is 0 Å². The molecule has 0 radical (unpaired) electrons. The largest absolute Gasteiger partial charge is 0.573 e. The first-order valence-electron chi connectivity index (χ1n) is 5.97. The molecule has 0 aromatic heterocycles. The number of hydrogen-bond donors (Lipinski definition) is 2. The van der Waals surface area contributed by atoms with Gasteiger partial charge in [-0.25, -0.2) is 4.39 Å². The molecule has 2 aromatic rings. The zero-order chi connectivity index (χ0) is 16.5. The number of ether oxygens (including phenoxy) is 1. The summed E-state index contributed by atoms with van der Waals surface area (Å²) in [6.45, 7) is 0. The van der Waals surface area contributed by atoms with Gasteiger partial charge in [-0.3, -0.25) is 0 Å². The molecule has 23 heavy (non-hydrogen) atoms. The Morgan fingerprint density at radius 1 is 1.09 bits per heavy atom. The Morgan fingerprint density at radius 2 is 1.65 bits per heavy atom. The molecule has 0 heterocycles. The van der Waals surface area contributed by atoms with Crippen LogP contribution in [0.4, 0.5) is 17.6 Å². The number of phenols is 1. The van der Waals surface area contributed by atoms with Gasteiger partial charge in [-0.1, -0.05) is 12.1 Å². The van der Waals surface area contributed by atoms with Crippen LogP contribution in [0.15, 0.2) is 40.9 Å². The molecular formula is C14H11BrClF4NO2. The van der Waals surface area contributed by atoms with Crippen molar-refractivity contribution in [3.8, 4) is 11.5 Å². The highest BCUT2D eigenvalue weighted by Gasteiger charge is 2.31. The molecular weight excluding hydrogens is 406 g/mol. The normalized spacial score (nSPS) is 12.4. The number of nitrogens with two attached hydrogens (primary N) is 1. The Bertz CT molecular complexity index is 680. The van der Waals surface area contributed by atoms with Crippen molar-refractivity contribution in [3.05, 3.63) is 57.8 Å². The maximum atomic E-state index is 13.8. The first-order valence-corrected chi connectivity index (χ1v) is 6.76. The highest BCUT2D eigenvalue weighted by atomic mass is 79.9. The van der Waals surface area contributed by atoms with E-state index in [1.54, 1.807) is 0 Å². The van der Waals surface area contributed by atoms with E-state index in [1.165, 1.54) is 18.2 Å². The average molecular weight is 417 g/mol. The summed E-state index contributed by atoms with van der Waals surface area (Å²) in [6, 6.07) is 6.07. The van der Waals surface area contributed by atoms with Crippen molar-refractivity contribution >= 4 is 28.3 Å². The van der Waals surface area contributed by atoms with Crippen molar-refractivity contribution in [2.45, 2.75) is 12.4 Å². The quantitative estimate of drug-likeness (QED) is 0.716. The van der Waals surface area contributed by atoms with Crippen molar-refractivity contribution in [2.24, 2.45) is 5.73 Å². The topological polar surface area (TPSA) is 55.5 Å². The summed E-state index contributed by atoms with van der Waals surface area (Å²) in [7, 11) is 0. The number of benzene rings is 2. The minimum absolute atomic E-state index is 0. The Morgan fingerprint density at radius 3 is 2.17 bits per heavy atom. The second-order valence-electron chi connectivity index (χ2n) is 4.39. The summed E-state index contributed by atoms with van der Waals surface area (Å²) in [6.07, 6.45) is -4.79. The molecule has 3 N–H and O–H groups in total. The van der Waals surface area contributed by atoms with Crippen LogP contribution in [0.2, 0.25) is 0 Å². The monoisotopic (exact) mass is 415 g/mol. The molecule has 0 unspecified atom stereocenters. The molecule has 2 rings (SSSR count). The Balaban J connectivity index is 0.00000264. The molecule has 2 aromatic carbocycles. The maximum Gasteiger partial charge on any atom is 0.573 e. The summed E-state index contributed by atoms with van der Waals surface area (Å²) in [5.41, 5.74) is 6.05. The standard InChI is InChI=1S/C14H10BrF4NO2.ClH/c15-9-5-6-10(16)11(13(9)21)12(20)7-1-3-8(4-2-7)22-14(17,18)19;/h1-6,12,21H,20H2;1H/t12-;/m1./s1. The van der Waals surface area contributed by atoms with E-state index in [0.29, 0.717) is 5.56 Å². The fourth-order valence-corrected chi connectivity index (χ4v) is 2.24. The lowest BCUT2D eigenvalue weighted by molar-refractivity contribution is -0.274. The smallest absolute Gasteiger partial charge is 0.506 e. The van der Waals surface area contributed by atoms with E-state index < -0.39 is 24.0 Å². The van der Waals surface area contributed by atoms with Crippen molar-refractivity contribution in [2.75, 3.05) is 0 Å². The van der Waals surface area contributed by atoms with E-state index in [9.17, 15) is 22.7 Å². The van der Waals surface area contributed by atoms with Gasteiger partial charge in [0.15, 0.2) is 0 Å². The molecule has 0 aliphatic carbocycles. The number of hydrogen-bond acceptors (Lipinski definition) is 3. The number of phenolic OH excluding ortho intramolecular Hbond substituents is 1. The van der Waals surface area contributed by atoms with Gasteiger partial charge in [0.2, 0.25) is 0 Å². The summed E-state index contributed by atoms with van der Waals surface area (Å²) in [5.74, 6) is -1.49. The minimum Gasteiger partial charge on any atom is -0.506 e. The van der Waals surface area contributed by atoms with Gasteiger partial charge in [0.05, 0.1) is 16.1 Å². The van der Waals surface area contributed by atoms with Crippen molar-refractivity contribution in [3.63, 3.8) is 0 Å². The summed E-state index contributed by atoms with van der Waals surface area (Å²) >= 11 is 3.05. The van der Waals surface area contributed by atoms with Gasteiger partial charge in [0.25, 0.3) is 0 Å². The molecule has 0 bridgehead atoms. The minimum atomic E-state index is -4.79. The van der Waals surface area contributed by atoms with Gasteiger partial charge >= 0.3 is 6.36 Å². The first kappa shape index (κ1) is 19.5. The number of aromatic hydroxyl groups is 1. The zero-order valence-corrected chi connectivity index (χ0v) is 13.7. The molecule has 0 amide bonds. The molecule has 0 saturated carbocycles. The number of halogens is 6. The van der Waals surface area contributed by atoms with E-state index in [1.807, 2.05) is 0 Å². The van der Waals surface area contributed by atoms with E-state index in [2.05, 4.69) is 20.7 Å². The van der Waals surface area contributed by atoms with Crippen molar-refractivity contribution in [1.29, 1.82) is 0 Å². The van der Waals surface area contributed by atoms with Gasteiger partial charge < -0.3 is 15.6 Å². The SMILES string of the molecule is Cl.N[C@H](c1ccc(OC(F)(F)F)cc1)c1c(F)ccc(Br)c1O. The summed E-state index contributed by atoms with van der Waals surface area (Å²) < 4.78 is 54.1. The van der Waals surface area contributed by atoms with Gasteiger partial charge in [-0.05, 0) is 45.8 Å². The highest BCUT2D eigenvalue weighted by molar-refractivity contribution is 9.10. The lowest BCUT2D eigenvalue weighted by Crippen LogP contribution is -2.17. The predicted molar refractivity (Wildman–Crippen MR) is 82.2 cm³/mol. The van der Waals surface area contributed by atoms with Gasteiger partial charge in [-0.15, -0.1) is 25.6 Å². The van der Waals surface area contributed by atoms with E-state index >= 15 is 0 Å². The molecule has 0 spiro atoms. The molecule has 126 valence electrons. The van der Waals surface area contributed by atoms with Crippen LogP contribution in [0, 0.1) is 5.82 Å².